The molecular weight excluding hydrogens is 134 g/mol. The zero-order valence-electron chi connectivity index (χ0n) is 6.00. The van der Waals surface area contributed by atoms with E-state index in [4.69, 9.17) is 15.9 Å². The molecule has 4 nitrogen and oxygen atoms in total. The second-order valence-electron chi connectivity index (χ2n) is 2.29. The molecule has 0 bridgehead atoms. The van der Waals surface area contributed by atoms with E-state index in [1.807, 2.05) is 0 Å². The quantitative estimate of drug-likeness (QED) is 0.503. The first-order chi connectivity index (χ1) is 4.56. The van der Waals surface area contributed by atoms with Gasteiger partial charge in [-0.2, -0.15) is 0 Å². The highest BCUT2D eigenvalue weighted by molar-refractivity contribution is 5.78. The summed E-state index contributed by atoms with van der Waals surface area (Å²) >= 11 is 0. The molecule has 0 radical (unpaired) electrons. The Balaban J connectivity index is 4.08. The lowest BCUT2D eigenvalue weighted by Crippen LogP contribution is -2.48. The molecule has 10 heavy (non-hydrogen) atoms. The summed E-state index contributed by atoms with van der Waals surface area (Å²) in [5, 5.41) is 17.0. The van der Waals surface area contributed by atoms with E-state index >= 15 is 0 Å². The molecule has 0 saturated heterocycles. The summed E-state index contributed by atoms with van der Waals surface area (Å²) in [7, 11) is 0. The van der Waals surface area contributed by atoms with Crippen LogP contribution in [0.5, 0.6) is 0 Å². The van der Waals surface area contributed by atoms with Crippen molar-refractivity contribution in [2.75, 3.05) is 6.61 Å². The number of nitrogens with two attached hydrogens (primary N) is 1. The summed E-state index contributed by atoms with van der Waals surface area (Å²) in [5.74, 6) is -1.05. The van der Waals surface area contributed by atoms with Crippen LogP contribution in [0, 0.1) is 0 Å². The second-order valence-corrected chi connectivity index (χ2v) is 2.29. The zero-order valence-corrected chi connectivity index (χ0v) is 6.00. The molecule has 0 aromatic carbocycles. The van der Waals surface area contributed by atoms with E-state index in [0.29, 0.717) is 6.42 Å². The van der Waals surface area contributed by atoms with E-state index in [1.54, 1.807) is 6.92 Å². The van der Waals surface area contributed by atoms with E-state index in [0.717, 1.165) is 0 Å². The number of rotatable bonds is 4. The summed E-state index contributed by atoms with van der Waals surface area (Å²) in [6.45, 7) is 1.50. The van der Waals surface area contributed by atoms with Gasteiger partial charge in [0.25, 0.3) is 0 Å². The first-order valence-corrected chi connectivity index (χ1v) is 3.20. The van der Waals surface area contributed by atoms with Crippen LogP contribution in [0.4, 0.5) is 0 Å². The fourth-order valence-corrected chi connectivity index (χ4v) is 0.634. The summed E-state index contributed by atoms with van der Waals surface area (Å²) < 4.78 is 0. The maximum absolute atomic E-state index is 10.4. The number of aliphatic hydroxyl groups is 1. The van der Waals surface area contributed by atoms with Crippen LogP contribution in [0.2, 0.25) is 0 Å². The fourth-order valence-electron chi connectivity index (χ4n) is 0.634. The van der Waals surface area contributed by atoms with Gasteiger partial charge in [-0.25, -0.2) is 0 Å². The third-order valence-corrected chi connectivity index (χ3v) is 1.61. The lowest BCUT2D eigenvalue weighted by Gasteiger charge is -2.20. The molecule has 4 N–H and O–H groups in total. The molecule has 0 amide bonds. The van der Waals surface area contributed by atoms with Gasteiger partial charge < -0.3 is 15.9 Å². The number of carbonyl (C=O) groups is 1. The van der Waals surface area contributed by atoms with Gasteiger partial charge in [-0.15, -0.1) is 0 Å². The summed E-state index contributed by atoms with van der Waals surface area (Å²) in [6.07, 6.45) is 0.446. The van der Waals surface area contributed by atoms with E-state index in [2.05, 4.69) is 0 Å². The molecule has 0 aromatic heterocycles. The van der Waals surface area contributed by atoms with E-state index < -0.39 is 11.5 Å². The Hall–Kier alpha value is -0.610. The van der Waals surface area contributed by atoms with Crippen molar-refractivity contribution < 1.29 is 15.0 Å². The highest BCUT2D eigenvalue weighted by Crippen LogP contribution is 2.10. The van der Waals surface area contributed by atoms with Crippen molar-refractivity contribution in [3.63, 3.8) is 0 Å². The average Bonchev–Trinajstić information content (AvgIpc) is 1.88. The van der Waals surface area contributed by atoms with Gasteiger partial charge in [-0.05, 0) is 12.8 Å². The Morgan fingerprint density at radius 3 is 2.30 bits per heavy atom. The number of carboxylic acid groups (broad SMARTS) is 1. The first kappa shape index (κ1) is 9.39. The van der Waals surface area contributed by atoms with Crippen molar-refractivity contribution in [2.24, 2.45) is 5.73 Å². The minimum Gasteiger partial charge on any atom is -0.480 e. The van der Waals surface area contributed by atoms with Crippen molar-refractivity contribution >= 4 is 5.97 Å². The van der Waals surface area contributed by atoms with Gasteiger partial charge in [-0.3, -0.25) is 4.79 Å². The first-order valence-electron chi connectivity index (χ1n) is 3.20. The molecule has 1 atom stereocenters. The van der Waals surface area contributed by atoms with E-state index in [1.165, 1.54) is 0 Å². The van der Waals surface area contributed by atoms with E-state index in [9.17, 15) is 4.79 Å². The molecule has 0 aliphatic rings. The minimum absolute atomic E-state index is 0.110. The van der Waals surface area contributed by atoms with Crippen molar-refractivity contribution in [1.82, 2.24) is 0 Å². The number of hydrogen-bond donors (Lipinski definition) is 3. The molecule has 0 heterocycles. The SMILES string of the molecule is CC[C@@](N)(CCO)C(=O)O. The minimum atomic E-state index is -1.24. The predicted molar refractivity (Wildman–Crippen MR) is 36.5 cm³/mol. The van der Waals surface area contributed by atoms with Gasteiger partial charge in [0.05, 0.1) is 0 Å². The van der Waals surface area contributed by atoms with Crippen LogP contribution in [0.15, 0.2) is 0 Å². The number of hydrogen-bond acceptors (Lipinski definition) is 3. The summed E-state index contributed by atoms with van der Waals surface area (Å²) in [6, 6.07) is 0. The molecule has 0 aliphatic carbocycles. The van der Waals surface area contributed by atoms with Crippen LogP contribution >= 0.6 is 0 Å². The maximum atomic E-state index is 10.4. The standard InChI is InChI=1S/C6H13NO3/c1-2-6(7,3-4-8)5(9)10/h8H,2-4,7H2,1H3,(H,9,10)/t6-/m1/s1. The molecule has 0 fully saturated rings. The molecule has 0 spiro atoms. The van der Waals surface area contributed by atoms with Crippen LogP contribution in [0.25, 0.3) is 0 Å². The maximum Gasteiger partial charge on any atom is 0.323 e. The van der Waals surface area contributed by atoms with Crippen LogP contribution in [-0.2, 0) is 4.79 Å². The third kappa shape index (κ3) is 1.97. The Bertz CT molecular complexity index is 126. The van der Waals surface area contributed by atoms with Crippen LogP contribution in [0.1, 0.15) is 19.8 Å². The number of aliphatic hydroxyl groups excluding tert-OH is 1. The number of aliphatic carboxylic acids is 1. The fraction of sp³-hybridized carbons (Fsp3) is 0.833. The average molecular weight is 147 g/mol. The smallest absolute Gasteiger partial charge is 0.323 e. The Morgan fingerprint density at radius 1 is 1.70 bits per heavy atom. The summed E-state index contributed by atoms with van der Waals surface area (Å²) in [4.78, 5) is 10.4. The molecule has 0 aliphatic heterocycles. The van der Waals surface area contributed by atoms with Gasteiger partial charge >= 0.3 is 5.97 Å². The van der Waals surface area contributed by atoms with Crippen LogP contribution in [0.3, 0.4) is 0 Å². The van der Waals surface area contributed by atoms with Crippen molar-refractivity contribution in [2.45, 2.75) is 25.3 Å². The second kappa shape index (κ2) is 3.53. The van der Waals surface area contributed by atoms with Crippen molar-refractivity contribution in [1.29, 1.82) is 0 Å². The van der Waals surface area contributed by atoms with Crippen molar-refractivity contribution in [3.05, 3.63) is 0 Å². The Labute approximate surface area is 59.7 Å². The van der Waals surface area contributed by atoms with Gasteiger partial charge in [0, 0.05) is 6.61 Å². The number of carboxylic acids is 1. The lowest BCUT2D eigenvalue weighted by molar-refractivity contribution is -0.144. The van der Waals surface area contributed by atoms with Gasteiger partial charge in [-0.1, -0.05) is 6.92 Å². The summed E-state index contributed by atoms with van der Waals surface area (Å²) in [5.41, 5.74) is 4.15. The van der Waals surface area contributed by atoms with Crippen LogP contribution in [-0.4, -0.2) is 28.3 Å². The Kier molecular flexibility index (Phi) is 3.32. The molecule has 0 saturated carbocycles. The molecule has 4 heteroatoms. The Morgan fingerprint density at radius 2 is 2.20 bits per heavy atom. The normalized spacial score (nSPS) is 16.3. The molecular formula is C6H13NO3. The lowest BCUT2D eigenvalue weighted by atomic mass is 9.94. The van der Waals surface area contributed by atoms with Gasteiger partial charge in [0.15, 0.2) is 0 Å². The largest absolute Gasteiger partial charge is 0.480 e. The van der Waals surface area contributed by atoms with Gasteiger partial charge in [0.1, 0.15) is 5.54 Å². The van der Waals surface area contributed by atoms with Crippen LogP contribution < -0.4 is 5.73 Å². The molecule has 0 unspecified atom stereocenters. The van der Waals surface area contributed by atoms with Gasteiger partial charge in [0.2, 0.25) is 0 Å². The molecule has 0 rings (SSSR count). The molecule has 60 valence electrons. The third-order valence-electron chi connectivity index (χ3n) is 1.61. The predicted octanol–water partition coefficient (Wildman–Crippen LogP) is -0.439. The monoisotopic (exact) mass is 147 g/mol. The molecule has 0 aromatic rings. The van der Waals surface area contributed by atoms with Crippen molar-refractivity contribution in [3.8, 4) is 0 Å². The highest BCUT2D eigenvalue weighted by atomic mass is 16.4. The van der Waals surface area contributed by atoms with E-state index in [-0.39, 0.29) is 13.0 Å². The zero-order chi connectivity index (χ0) is 8.20. The topological polar surface area (TPSA) is 83.5 Å². The highest BCUT2D eigenvalue weighted by Gasteiger charge is 2.30.